The Labute approximate surface area is 133 Å². The van der Waals surface area contributed by atoms with Gasteiger partial charge in [0.1, 0.15) is 17.1 Å². The lowest BCUT2D eigenvalue weighted by Gasteiger charge is -2.37. The van der Waals surface area contributed by atoms with Crippen LogP contribution in [0.1, 0.15) is 55.9 Å². The monoisotopic (exact) mass is 302 g/mol. The van der Waals surface area contributed by atoms with Gasteiger partial charge in [-0.05, 0) is 64.2 Å². The Kier molecular flexibility index (Phi) is 4.64. The fourth-order valence-electron chi connectivity index (χ4n) is 3.09. The molecule has 1 aromatic carbocycles. The largest absolute Gasteiger partial charge is 0.487 e. The van der Waals surface area contributed by atoms with Gasteiger partial charge in [-0.3, -0.25) is 4.79 Å². The second-order valence-electron chi connectivity index (χ2n) is 6.43. The normalized spacial score (nSPS) is 20.6. The molecule has 0 amide bonds. The van der Waals surface area contributed by atoms with Crippen LogP contribution in [0.15, 0.2) is 12.2 Å². The number of hydrogen-bond donors (Lipinski definition) is 0. The fraction of sp³-hybridized carbons (Fsp3) is 0.526. The molecule has 1 aliphatic rings. The van der Waals surface area contributed by atoms with Crippen molar-refractivity contribution < 1.29 is 14.3 Å². The lowest BCUT2D eigenvalue weighted by atomic mass is 9.85. The molecule has 120 valence electrons. The number of fused-ring (bicyclic) bond motifs is 1. The highest BCUT2D eigenvalue weighted by molar-refractivity contribution is 5.72. The summed E-state index contributed by atoms with van der Waals surface area (Å²) in [6.45, 7) is 11.7. The molecule has 1 aromatic rings. The number of carbonyl (C=O) groups is 1. The molecule has 0 N–H and O–H groups in total. The van der Waals surface area contributed by atoms with Crippen molar-refractivity contribution in [1.82, 2.24) is 0 Å². The Morgan fingerprint density at radius 1 is 1.27 bits per heavy atom. The van der Waals surface area contributed by atoms with Crippen molar-refractivity contribution in [2.75, 3.05) is 0 Å². The zero-order valence-electron chi connectivity index (χ0n) is 14.5. The van der Waals surface area contributed by atoms with Crippen molar-refractivity contribution in [3.05, 3.63) is 34.4 Å². The van der Waals surface area contributed by atoms with Gasteiger partial charge in [-0.2, -0.15) is 0 Å². The Bertz CT molecular complexity index is 628. The second kappa shape index (κ2) is 6.15. The van der Waals surface area contributed by atoms with Crippen LogP contribution in [0.2, 0.25) is 0 Å². The van der Waals surface area contributed by atoms with Crippen LogP contribution in [0.25, 0.3) is 0 Å². The predicted octanol–water partition coefficient (Wildman–Crippen LogP) is 4.59. The number of ether oxygens (including phenoxy) is 2. The molecule has 0 spiro atoms. The summed E-state index contributed by atoms with van der Waals surface area (Å²) in [5, 5.41) is 0. The molecule has 1 aliphatic heterocycles. The van der Waals surface area contributed by atoms with Crippen LogP contribution in [-0.2, 0) is 11.2 Å². The molecule has 3 heteroatoms. The lowest BCUT2D eigenvalue weighted by molar-refractivity contribution is -0.132. The molecule has 0 saturated carbocycles. The van der Waals surface area contributed by atoms with Crippen LogP contribution in [-0.4, -0.2) is 11.6 Å². The molecule has 0 bridgehead atoms. The van der Waals surface area contributed by atoms with Gasteiger partial charge in [0.2, 0.25) is 0 Å². The van der Waals surface area contributed by atoms with Crippen LogP contribution >= 0.6 is 0 Å². The number of rotatable bonds is 3. The van der Waals surface area contributed by atoms with E-state index in [9.17, 15) is 4.79 Å². The van der Waals surface area contributed by atoms with E-state index < -0.39 is 0 Å². The van der Waals surface area contributed by atoms with Crippen molar-refractivity contribution in [2.24, 2.45) is 0 Å². The average molecular weight is 302 g/mol. The van der Waals surface area contributed by atoms with Gasteiger partial charge < -0.3 is 9.47 Å². The molecule has 1 heterocycles. The van der Waals surface area contributed by atoms with Crippen LogP contribution < -0.4 is 9.47 Å². The van der Waals surface area contributed by atoms with Gasteiger partial charge in [-0.25, -0.2) is 0 Å². The molecule has 0 aromatic heterocycles. The number of benzene rings is 1. The summed E-state index contributed by atoms with van der Waals surface area (Å²) in [5.74, 6) is 1.40. The number of carbonyl (C=O) groups excluding carboxylic acids is 1. The maximum Gasteiger partial charge on any atom is 0.308 e. The van der Waals surface area contributed by atoms with Crippen LogP contribution in [0, 0.1) is 20.8 Å². The summed E-state index contributed by atoms with van der Waals surface area (Å²) in [5.41, 5.74) is 4.11. The molecular formula is C19H26O3. The third-order valence-corrected chi connectivity index (χ3v) is 4.59. The molecule has 3 nitrogen and oxygen atoms in total. The average Bonchev–Trinajstić information content (AvgIpc) is 2.47. The minimum Gasteiger partial charge on any atom is -0.487 e. The van der Waals surface area contributed by atoms with Crippen molar-refractivity contribution >= 4 is 5.97 Å². The molecule has 0 radical (unpaired) electrons. The first-order valence-corrected chi connectivity index (χ1v) is 7.90. The van der Waals surface area contributed by atoms with E-state index in [1.165, 1.54) is 12.5 Å². The standard InChI is InChI=1S/C19H26O3/c1-7-8-10-19(6)11-9-16-14(4)17(21-15(5)20)12(2)13(3)18(16)22-19/h7-8H,9-11H2,1-6H3/b8-7+/t19-/m1/s1. The highest BCUT2D eigenvalue weighted by atomic mass is 16.5. The Morgan fingerprint density at radius 2 is 1.95 bits per heavy atom. The first-order chi connectivity index (χ1) is 10.3. The van der Waals surface area contributed by atoms with Crippen LogP contribution in [0.5, 0.6) is 11.5 Å². The molecule has 0 fully saturated rings. The van der Waals surface area contributed by atoms with E-state index in [0.717, 1.165) is 41.7 Å². The van der Waals surface area contributed by atoms with E-state index in [0.29, 0.717) is 5.75 Å². The Hall–Kier alpha value is -1.77. The van der Waals surface area contributed by atoms with Gasteiger partial charge in [0.05, 0.1) is 0 Å². The summed E-state index contributed by atoms with van der Waals surface area (Å²) < 4.78 is 11.8. The topological polar surface area (TPSA) is 35.5 Å². The van der Waals surface area contributed by atoms with Crippen molar-refractivity contribution in [1.29, 1.82) is 0 Å². The number of esters is 1. The molecule has 0 saturated heterocycles. The van der Waals surface area contributed by atoms with Crippen molar-refractivity contribution in [3.8, 4) is 11.5 Å². The van der Waals surface area contributed by atoms with E-state index >= 15 is 0 Å². The minimum absolute atomic E-state index is 0.161. The molecule has 1 atom stereocenters. The van der Waals surface area contributed by atoms with E-state index in [1.54, 1.807) is 0 Å². The first-order valence-electron chi connectivity index (χ1n) is 7.90. The third kappa shape index (κ3) is 3.03. The lowest BCUT2D eigenvalue weighted by Crippen LogP contribution is -2.36. The number of allylic oxidation sites excluding steroid dienone is 1. The van der Waals surface area contributed by atoms with E-state index in [4.69, 9.17) is 9.47 Å². The smallest absolute Gasteiger partial charge is 0.308 e. The molecular weight excluding hydrogens is 276 g/mol. The van der Waals surface area contributed by atoms with Gasteiger partial charge in [0, 0.05) is 18.9 Å². The molecule has 2 rings (SSSR count). The maximum absolute atomic E-state index is 11.4. The fourth-order valence-corrected chi connectivity index (χ4v) is 3.09. The Balaban J connectivity index is 2.48. The van der Waals surface area contributed by atoms with E-state index in [-0.39, 0.29) is 11.6 Å². The second-order valence-corrected chi connectivity index (χ2v) is 6.43. The summed E-state index contributed by atoms with van der Waals surface area (Å²) in [7, 11) is 0. The zero-order chi connectivity index (χ0) is 16.5. The van der Waals surface area contributed by atoms with Gasteiger partial charge >= 0.3 is 5.97 Å². The summed E-state index contributed by atoms with van der Waals surface area (Å²) in [6, 6.07) is 0. The van der Waals surface area contributed by atoms with Crippen LogP contribution in [0.3, 0.4) is 0 Å². The van der Waals surface area contributed by atoms with Crippen molar-refractivity contribution in [2.45, 2.75) is 66.4 Å². The Morgan fingerprint density at radius 3 is 2.55 bits per heavy atom. The summed E-state index contributed by atoms with van der Waals surface area (Å²) in [4.78, 5) is 11.4. The summed E-state index contributed by atoms with van der Waals surface area (Å²) >= 11 is 0. The first kappa shape index (κ1) is 16.6. The third-order valence-electron chi connectivity index (χ3n) is 4.59. The van der Waals surface area contributed by atoms with Crippen molar-refractivity contribution in [3.63, 3.8) is 0 Å². The number of hydrogen-bond acceptors (Lipinski definition) is 3. The predicted molar refractivity (Wildman–Crippen MR) is 88.7 cm³/mol. The van der Waals surface area contributed by atoms with Gasteiger partial charge in [-0.1, -0.05) is 12.2 Å². The van der Waals surface area contributed by atoms with Gasteiger partial charge in [-0.15, -0.1) is 0 Å². The van der Waals surface area contributed by atoms with E-state index in [1.807, 2.05) is 27.7 Å². The molecule has 0 unspecified atom stereocenters. The molecule has 22 heavy (non-hydrogen) atoms. The maximum atomic E-state index is 11.4. The minimum atomic E-state index is -0.278. The SMILES string of the molecule is C/C=C/C[C@]1(C)CCc2c(C)c(OC(C)=O)c(C)c(C)c2O1. The van der Waals surface area contributed by atoms with Gasteiger partial charge in [0.15, 0.2) is 0 Å². The molecule has 0 aliphatic carbocycles. The van der Waals surface area contributed by atoms with Gasteiger partial charge in [0.25, 0.3) is 0 Å². The van der Waals surface area contributed by atoms with Crippen LogP contribution in [0.4, 0.5) is 0 Å². The quantitative estimate of drug-likeness (QED) is 0.465. The van der Waals surface area contributed by atoms with E-state index in [2.05, 4.69) is 19.1 Å². The summed E-state index contributed by atoms with van der Waals surface area (Å²) in [6.07, 6.45) is 7.05. The highest BCUT2D eigenvalue weighted by Crippen LogP contribution is 2.44. The highest BCUT2D eigenvalue weighted by Gasteiger charge is 2.34. The zero-order valence-corrected chi connectivity index (χ0v) is 14.5.